The van der Waals surface area contributed by atoms with Crippen molar-refractivity contribution in [2.75, 3.05) is 16.8 Å². The van der Waals surface area contributed by atoms with Gasteiger partial charge >= 0.3 is 0 Å². The van der Waals surface area contributed by atoms with Gasteiger partial charge in [0.15, 0.2) is 0 Å². The van der Waals surface area contributed by atoms with Gasteiger partial charge in [0.1, 0.15) is 12.4 Å². The molecule has 0 atom stereocenters. The van der Waals surface area contributed by atoms with E-state index >= 15 is 0 Å². The number of nitrogens with one attached hydrogen (secondary N) is 1. The van der Waals surface area contributed by atoms with E-state index in [1.807, 2.05) is 0 Å². The van der Waals surface area contributed by atoms with Gasteiger partial charge in [-0.25, -0.2) is 4.39 Å². The first-order chi connectivity index (χ1) is 10.8. The monoisotopic (exact) mass is 354 g/mol. The number of halogens is 3. The van der Waals surface area contributed by atoms with Crippen LogP contribution in [-0.4, -0.2) is 18.4 Å². The summed E-state index contributed by atoms with van der Waals surface area (Å²) < 4.78 is 13.0. The molecular weight excluding hydrogens is 342 g/mol. The first-order valence-corrected chi connectivity index (χ1v) is 7.40. The van der Waals surface area contributed by atoms with Gasteiger partial charge in [0.25, 0.3) is 0 Å². The zero-order valence-corrected chi connectivity index (χ0v) is 13.7. The Hall–Kier alpha value is -2.11. The van der Waals surface area contributed by atoms with Crippen LogP contribution in [0.2, 0.25) is 10.0 Å². The molecule has 1 N–H and O–H groups in total. The minimum atomic E-state index is -0.428. The number of benzene rings is 2. The highest BCUT2D eigenvalue weighted by atomic mass is 35.5. The molecule has 0 bridgehead atoms. The quantitative estimate of drug-likeness (QED) is 0.897. The molecule has 7 heteroatoms. The van der Waals surface area contributed by atoms with Crippen LogP contribution in [0.1, 0.15) is 6.92 Å². The van der Waals surface area contributed by atoms with Gasteiger partial charge in [0.05, 0.1) is 0 Å². The average Bonchev–Trinajstić information content (AvgIpc) is 2.44. The zero-order valence-electron chi connectivity index (χ0n) is 12.1. The fraction of sp³-hybridized carbons (Fsp3) is 0.125. The normalized spacial score (nSPS) is 10.3. The van der Waals surface area contributed by atoms with Gasteiger partial charge in [-0.05, 0) is 42.5 Å². The van der Waals surface area contributed by atoms with E-state index in [2.05, 4.69) is 5.32 Å². The third-order valence-corrected chi connectivity index (χ3v) is 3.40. The molecule has 2 aromatic rings. The van der Waals surface area contributed by atoms with Gasteiger partial charge in [-0.15, -0.1) is 0 Å². The maximum Gasteiger partial charge on any atom is 0.244 e. The Morgan fingerprint density at radius 3 is 2.17 bits per heavy atom. The van der Waals surface area contributed by atoms with E-state index in [0.717, 1.165) is 0 Å². The average molecular weight is 355 g/mol. The topological polar surface area (TPSA) is 49.4 Å². The Kier molecular flexibility index (Phi) is 5.58. The Morgan fingerprint density at radius 2 is 1.65 bits per heavy atom. The van der Waals surface area contributed by atoms with E-state index in [0.29, 0.717) is 21.4 Å². The van der Waals surface area contributed by atoms with Gasteiger partial charge in [0, 0.05) is 28.3 Å². The molecule has 0 spiro atoms. The highest BCUT2D eigenvalue weighted by molar-refractivity contribution is 6.35. The lowest BCUT2D eigenvalue weighted by Crippen LogP contribution is -2.36. The predicted octanol–water partition coefficient (Wildman–Crippen LogP) is 4.12. The lowest BCUT2D eigenvalue weighted by atomic mass is 10.2. The number of carbonyl (C=O) groups excluding carboxylic acids is 2. The molecule has 4 nitrogen and oxygen atoms in total. The zero-order chi connectivity index (χ0) is 17.0. The third kappa shape index (κ3) is 4.94. The minimum Gasteiger partial charge on any atom is -0.324 e. The maximum atomic E-state index is 13.0. The van der Waals surface area contributed by atoms with Crippen molar-refractivity contribution in [3.05, 3.63) is 58.3 Å². The summed E-state index contributed by atoms with van der Waals surface area (Å²) in [6.07, 6.45) is 0. The fourth-order valence-electron chi connectivity index (χ4n) is 1.98. The highest BCUT2D eigenvalue weighted by Crippen LogP contribution is 2.22. The van der Waals surface area contributed by atoms with E-state index in [-0.39, 0.29) is 12.5 Å². The molecule has 2 amide bonds. The maximum absolute atomic E-state index is 13.0. The molecule has 120 valence electrons. The molecule has 2 rings (SSSR count). The van der Waals surface area contributed by atoms with Crippen molar-refractivity contribution < 1.29 is 14.0 Å². The second-order valence-electron chi connectivity index (χ2n) is 4.79. The van der Waals surface area contributed by atoms with Crippen molar-refractivity contribution in [2.45, 2.75) is 6.92 Å². The van der Waals surface area contributed by atoms with E-state index < -0.39 is 11.7 Å². The smallest absolute Gasteiger partial charge is 0.244 e. The Labute approximate surface area is 142 Å². The summed E-state index contributed by atoms with van der Waals surface area (Å²) >= 11 is 11.7. The molecule has 0 heterocycles. The van der Waals surface area contributed by atoms with Crippen molar-refractivity contribution in [3.63, 3.8) is 0 Å². The molecule has 0 fully saturated rings. The molecule has 0 unspecified atom stereocenters. The van der Waals surface area contributed by atoms with Crippen LogP contribution < -0.4 is 10.2 Å². The van der Waals surface area contributed by atoms with Crippen LogP contribution in [0.15, 0.2) is 42.5 Å². The number of carbonyl (C=O) groups is 2. The van der Waals surface area contributed by atoms with Crippen LogP contribution in [0.3, 0.4) is 0 Å². The van der Waals surface area contributed by atoms with Crippen molar-refractivity contribution in [2.24, 2.45) is 0 Å². The van der Waals surface area contributed by atoms with Gasteiger partial charge in [-0.1, -0.05) is 23.2 Å². The molecule has 0 saturated carbocycles. The summed E-state index contributed by atoms with van der Waals surface area (Å²) in [5, 5.41) is 3.38. The number of anilines is 2. The number of nitrogens with zero attached hydrogens (tertiary/aromatic N) is 1. The van der Waals surface area contributed by atoms with Crippen molar-refractivity contribution in [3.8, 4) is 0 Å². The summed E-state index contributed by atoms with van der Waals surface area (Å²) in [6, 6.07) is 9.93. The van der Waals surface area contributed by atoms with Crippen molar-refractivity contribution >= 4 is 46.4 Å². The van der Waals surface area contributed by atoms with E-state index in [1.54, 1.807) is 18.2 Å². The molecule has 0 aliphatic heterocycles. The van der Waals surface area contributed by atoms with E-state index in [1.165, 1.54) is 36.1 Å². The van der Waals surface area contributed by atoms with E-state index in [4.69, 9.17) is 23.2 Å². The molecular formula is C16H13Cl2FN2O2. The summed E-state index contributed by atoms with van der Waals surface area (Å²) in [7, 11) is 0. The van der Waals surface area contributed by atoms with Crippen LogP contribution in [0.25, 0.3) is 0 Å². The summed E-state index contributed by atoms with van der Waals surface area (Å²) in [5.74, 6) is -1.19. The SMILES string of the molecule is CC(=O)N(CC(=O)Nc1cc(Cl)cc(Cl)c1)c1ccc(F)cc1. The predicted molar refractivity (Wildman–Crippen MR) is 89.5 cm³/mol. The van der Waals surface area contributed by atoms with Crippen LogP contribution in [0.5, 0.6) is 0 Å². The van der Waals surface area contributed by atoms with Crippen LogP contribution in [-0.2, 0) is 9.59 Å². The highest BCUT2D eigenvalue weighted by Gasteiger charge is 2.16. The Morgan fingerprint density at radius 1 is 1.09 bits per heavy atom. The second-order valence-corrected chi connectivity index (χ2v) is 5.66. The van der Waals surface area contributed by atoms with Gasteiger partial charge < -0.3 is 10.2 Å². The molecule has 0 saturated heterocycles. The molecule has 0 aliphatic rings. The molecule has 0 radical (unpaired) electrons. The standard InChI is InChI=1S/C16H13Cl2FN2O2/c1-10(22)21(15-4-2-13(19)3-5-15)9-16(23)20-14-7-11(17)6-12(18)8-14/h2-8H,9H2,1H3,(H,20,23). The largest absolute Gasteiger partial charge is 0.324 e. The summed E-state index contributed by atoms with van der Waals surface area (Å²) in [4.78, 5) is 25.1. The third-order valence-electron chi connectivity index (χ3n) is 2.97. The first kappa shape index (κ1) is 17.2. The minimum absolute atomic E-state index is 0.217. The number of rotatable bonds is 4. The number of hydrogen-bond acceptors (Lipinski definition) is 2. The fourth-order valence-corrected chi connectivity index (χ4v) is 2.50. The second kappa shape index (κ2) is 7.44. The summed E-state index contributed by atoms with van der Waals surface area (Å²) in [5.41, 5.74) is 0.855. The Balaban J connectivity index is 2.12. The Bertz CT molecular complexity index is 715. The van der Waals surface area contributed by atoms with Crippen LogP contribution >= 0.6 is 23.2 Å². The molecule has 0 aliphatic carbocycles. The molecule has 23 heavy (non-hydrogen) atoms. The molecule has 2 aromatic carbocycles. The van der Waals surface area contributed by atoms with E-state index in [9.17, 15) is 14.0 Å². The van der Waals surface area contributed by atoms with Crippen molar-refractivity contribution in [1.29, 1.82) is 0 Å². The molecule has 0 aromatic heterocycles. The van der Waals surface area contributed by atoms with Gasteiger partial charge in [-0.3, -0.25) is 9.59 Å². The first-order valence-electron chi connectivity index (χ1n) is 6.65. The van der Waals surface area contributed by atoms with Crippen molar-refractivity contribution in [1.82, 2.24) is 0 Å². The number of amides is 2. The van der Waals surface area contributed by atoms with Crippen LogP contribution in [0, 0.1) is 5.82 Å². The summed E-state index contributed by atoms with van der Waals surface area (Å²) in [6.45, 7) is 1.11. The lowest BCUT2D eigenvalue weighted by molar-refractivity contribution is -0.120. The number of hydrogen-bond donors (Lipinski definition) is 1. The van der Waals surface area contributed by atoms with Gasteiger partial charge in [0.2, 0.25) is 11.8 Å². The van der Waals surface area contributed by atoms with Crippen LogP contribution in [0.4, 0.5) is 15.8 Å². The van der Waals surface area contributed by atoms with Gasteiger partial charge in [-0.2, -0.15) is 0 Å². The lowest BCUT2D eigenvalue weighted by Gasteiger charge is -2.20.